The van der Waals surface area contributed by atoms with Crippen molar-refractivity contribution in [2.45, 2.75) is 38.6 Å². The largest absolute Gasteiger partial charge is 0.481 e. The van der Waals surface area contributed by atoms with Gasteiger partial charge in [0.2, 0.25) is 0 Å². The summed E-state index contributed by atoms with van der Waals surface area (Å²) in [6, 6.07) is 8.94. The SMILES string of the molecule is O=C(O)C1CCN(Cc2ccc(N3CCCCC3)cc2)CC1. The number of piperidine rings is 2. The van der Waals surface area contributed by atoms with Gasteiger partial charge in [-0.1, -0.05) is 12.1 Å². The van der Waals surface area contributed by atoms with Crippen LogP contribution in [0.15, 0.2) is 24.3 Å². The quantitative estimate of drug-likeness (QED) is 0.928. The summed E-state index contributed by atoms with van der Waals surface area (Å²) in [6.45, 7) is 5.09. The highest BCUT2D eigenvalue weighted by Gasteiger charge is 2.24. The molecule has 2 saturated heterocycles. The molecule has 1 aromatic carbocycles. The molecule has 0 bridgehead atoms. The maximum Gasteiger partial charge on any atom is 0.306 e. The molecular weight excluding hydrogens is 276 g/mol. The lowest BCUT2D eigenvalue weighted by Crippen LogP contribution is -2.35. The number of hydrogen-bond acceptors (Lipinski definition) is 3. The minimum atomic E-state index is -0.634. The number of aliphatic carboxylic acids is 1. The molecule has 0 atom stereocenters. The first kappa shape index (κ1) is 15.3. The van der Waals surface area contributed by atoms with E-state index in [1.165, 1.54) is 43.6 Å². The van der Waals surface area contributed by atoms with Gasteiger partial charge < -0.3 is 10.0 Å². The fraction of sp³-hybridized carbons (Fsp3) is 0.611. The van der Waals surface area contributed by atoms with Crippen molar-refractivity contribution >= 4 is 11.7 Å². The van der Waals surface area contributed by atoms with Crippen molar-refractivity contribution in [3.05, 3.63) is 29.8 Å². The van der Waals surface area contributed by atoms with E-state index in [4.69, 9.17) is 5.11 Å². The molecule has 2 aliphatic rings. The van der Waals surface area contributed by atoms with E-state index in [9.17, 15) is 4.79 Å². The predicted molar refractivity (Wildman–Crippen MR) is 88.1 cm³/mol. The van der Waals surface area contributed by atoms with Gasteiger partial charge in [-0.3, -0.25) is 9.69 Å². The number of benzene rings is 1. The Bertz CT molecular complexity index is 486. The van der Waals surface area contributed by atoms with Gasteiger partial charge in [0.1, 0.15) is 0 Å². The van der Waals surface area contributed by atoms with E-state index in [2.05, 4.69) is 34.1 Å². The Morgan fingerprint density at radius 1 is 1.00 bits per heavy atom. The molecule has 2 fully saturated rings. The van der Waals surface area contributed by atoms with Gasteiger partial charge in [0.05, 0.1) is 5.92 Å². The Morgan fingerprint density at radius 2 is 1.64 bits per heavy atom. The molecule has 0 aromatic heterocycles. The van der Waals surface area contributed by atoms with Crippen molar-refractivity contribution in [3.8, 4) is 0 Å². The third-order valence-corrected chi connectivity index (χ3v) is 5.00. The Hall–Kier alpha value is -1.55. The van der Waals surface area contributed by atoms with Crippen LogP contribution in [0.5, 0.6) is 0 Å². The first-order valence-electron chi connectivity index (χ1n) is 8.51. The predicted octanol–water partition coefficient (Wildman–Crippen LogP) is 2.97. The van der Waals surface area contributed by atoms with E-state index in [-0.39, 0.29) is 5.92 Å². The van der Waals surface area contributed by atoms with Gasteiger partial charge in [-0.25, -0.2) is 0 Å². The molecule has 1 N–H and O–H groups in total. The van der Waals surface area contributed by atoms with Crippen molar-refractivity contribution in [2.24, 2.45) is 5.92 Å². The summed E-state index contributed by atoms with van der Waals surface area (Å²) in [4.78, 5) is 15.8. The van der Waals surface area contributed by atoms with Crippen LogP contribution in [0.1, 0.15) is 37.7 Å². The summed E-state index contributed by atoms with van der Waals surface area (Å²) < 4.78 is 0. The number of carboxylic acids is 1. The average molecular weight is 302 g/mol. The van der Waals surface area contributed by atoms with Crippen LogP contribution in [0.2, 0.25) is 0 Å². The molecule has 0 amide bonds. The smallest absolute Gasteiger partial charge is 0.306 e. The molecule has 4 nitrogen and oxygen atoms in total. The van der Waals surface area contributed by atoms with Crippen LogP contribution in [0.4, 0.5) is 5.69 Å². The lowest BCUT2D eigenvalue weighted by molar-refractivity contribution is -0.143. The standard InChI is InChI=1S/C18H26N2O2/c21-18(22)16-8-12-19(13-9-16)14-15-4-6-17(7-5-15)20-10-2-1-3-11-20/h4-7,16H,1-3,8-14H2,(H,21,22). The highest BCUT2D eigenvalue weighted by Crippen LogP contribution is 2.22. The summed E-state index contributed by atoms with van der Waals surface area (Å²) in [5.74, 6) is -0.775. The zero-order valence-electron chi connectivity index (χ0n) is 13.2. The average Bonchev–Trinajstić information content (AvgIpc) is 2.57. The first-order chi connectivity index (χ1) is 10.7. The van der Waals surface area contributed by atoms with Crippen LogP contribution in [-0.2, 0) is 11.3 Å². The van der Waals surface area contributed by atoms with Crippen molar-refractivity contribution in [2.75, 3.05) is 31.1 Å². The summed E-state index contributed by atoms with van der Waals surface area (Å²) in [6.07, 6.45) is 5.53. The Kier molecular flexibility index (Phi) is 4.98. The maximum atomic E-state index is 11.0. The lowest BCUT2D eigenvalue weighted by Gasteiger charge is -2.31. The van der Waals surface area contributed by atoms with Crippen LogP contribution in [0.25, 0.3) is 0 Å². The summed E-state index contributed by atoms with van der Waals surface area (Å²) in [7, 11) is 0. The van der Waals surface area contributed by atoms with Gasteiger partial charge in [0.25, 0.3) is 0 Å². The molecule has 0 radical (unpaired) electrons. The molecule has 1 aromatic rings. The lowest BCUT2D eigenvalue weighted by atomic mass is 9.97. The normalized spacial score (nSPS) is 21.0. The second-order valence-corrected chi connectivity index (χ2v) is 6.60. The van der Waals surface area contributed by atoms with Crippen molar-refractivity contribution in [1.82, 2.24) is 4.90 Å². The number of hydrogen-bond donors (Lipinski definition) is 1. The number of carbonyl (C=O) groups is 1. The Labute approximate surface area is 132 Å². The third-order valence-electron chi connectivity index (χ3n) is 5.00. The molecule has 0 unspecified atom stereocenters. The number of nitrogens with zero attached hydrogens (tertiary/aromatic N) is 2. The first-order valence-corrected chi connectivity index (χ1v) is 8.51. The van der Waals surface area contributed by atoms with E-state index in [1.807, 2.05) is 0 Å². The van der Waals surface area contributed by atoms with Crippen LogP contribution < -0.4 is 4.90 Å². The number of anilines is 1. The highest BCUT2D eigenvalue weighted by atomic mass is 16.4. The Morgan fingerprint density at radius 3 is 2.23 bits per heavy atom. The molecule has 0 aliphatic carbocycles. The van der Waals surface area contributed by atoms with Gasteiger partial charge in [0.15, 0.2) is 0 Å². The fourth-order valence-electron chi connectivity index (χ4n) is 3.56. The van der Waals surface area contributed by atoms with E-state index in [0.717, 1.165) is 32.5 Å². The number of carboxylic acid groups (broad SMARTS) is 1. The van der Waals surface area contributed by atoms with Gasteiger partial charge in [-0.05, 0) is 62.9 Å². The number of likely N-dealkylation sites (tertiary alicyclic amines) is 1. The molecule has 2 heterocycles. The van der Waals surface area contributed by atoms with Gasteiger partial charge in [-0.15, -0.1) is 0 Å². The van der Waals surface area contributed by atoms with Crippen LogP contribution in [0.3, 0.4) is 0 Å². The monoisotopic (exact) mass is 302 g/mol. The fourth-order valence-corrected chi connectivity index (χ4v) is 3.56. The second-order valence-electron chi connectivity index (χ2n) is 6.60. The molecule has 4 heteroatoms. The molecular formula is C18H26N2O2. The van der Waals surface area contributed by atoms with Crippen LogP contribution >= 0.6 is 0 Å². The molecule has 22 heavy (non-hydrogen) atoms. The van der Waals surface area contributed by atoms with Crippen LogP contribution in [0, 0.1) is 5.92 Å². The molecule has 0 spiro atoms. The second kappa shape index (κ2) is 7.14. The van der Waals surface area contributed by atoms with Crippen molar-refractivity contribution < 1.29 is 9.90 Å². The topological polar surface area (TPSA) is 43.8 Å². The van der Waals surface area contributed by atoms with E-state index in [0.29, 0.717) is 0 Å². The zero-order chi connectivity index (χ0) is 15.4. The number of rotatable bonds is 4. The van der Waals surface area contributed by atoms with Crippen LogP contribution in [-0.4, -0.2) is 42.2 Å². The molecule has 3 rings (SSSR count). The summed E-state index contributed by atoms with van der Waals surface area (Å²) >= 11 is 0. The minimum Gasteiger partial charge on any atom is -0.481 e. The van der Waals surface area contributed by atoms with Crippen molar-refractivity contribution in [3.63, 3.8) is 0 Å². The van der Waals surface area contributed by atoms with E-state index in [1.54, 1.807) is 0 Å². The Balaban J connectivity index is 1.52. The summed E-state index contributed by atoms with van der Waals surface area (Å²) in [5, 5.41) is 9.05. The highest BCUT2D eigenvalue weighted by molar-refractivity contribution is 5.70. The summed E-state index contributed by atoms with van der Waals surface area (Å²) in [5.41, 5.74) is 2.67. The molecule has 120 valence electrons. The third kappa shape index (κ3) is 3.80. The minimum absolute atomic E-state index is 0.141. The van der Waals surface area contributed by atoms with Gasteiger partial charge >= 0.3 is 5.97 Å². The maximum absolute atomic E-state index is 11.0. The van der Waals surface area contributed by atoms with E-state index >= 15 is 0 Å². The van der Waals surface area contributed by atoms with Crippen molar-refractivity contribution in [1.29, 1.82) is 0 Å². The zero-order valence-corrected chi connectivity index (χ0v) is 13.2. The van der Waals surface area contributed by atoms with Gasteiger partial charge in [0, 0.05) is 25.3 Å². The molecule has 2 aliphatic heterocycles. The van der Waals surface area contributed by atoms with E-state index < -0.39 is 5.97 Å². The molecule has 0 saturated carbocycles. The van der Waals surface area contributed by atoms with Gasteiger partial charge in [-0.2, -0.15) is 0 Å².